The minimum Gasteiger partial charge on any atom is -0.365 e. The molecule has 0 radical (unpaired) electrons. The van der Waals surface area contributed by atoms with E-state index in [9.17, 15) is 31.1 Å². The second kappa shape index (κ2) is 8.48. The number of rotatable bonds is 6. The molecule has 0 bridgehead atoms. The van der Waals surface area contributed by atoms with Gasteiger partial charge in [-0.25, -0.2) is 26.3 Å². The van der Waals surface area contributed by atoms with Gasteiger partial charge in [0.2, 0.25) is 0 Å². The smallest absolute Gasteiger partial charge is 0.254 e. The molecule has 0 spiro atoms. The van der Waals surface area contributed by atoms with Gasteiger partial charge in [0.25, 0.3) is 5.91 Å². The van der Waals surface area contributed by atoms with Gasteiger partial charge in [-0.1, -0.05) is 12.1 Å². The number of anilines is 1. The molecule has 0 saturated carbocycles. The maximum atomic E-state index is 14.9. The van der Waals surface area contributed by atoms with Gasteiger partial charge in [-0.05, 0) is 36.4 Å². The van der Waals surface area contributed by atoms with Gasteiger partial charge in [0, 0.05) is 24.2 Å². The van der Waals surface area contributed by atoms with E-state index in [1.54, 1.807) is 0 Å². The van der Waals surface area contributed by atoms with Crippen LogP contribution in [0.4, 0.5) is 32.0 Å². The van der Waals surface area contributed by atoms with E-state index in [-0.39, 0.29) is 0 Å². The fourth-order valence-electron chi connectivity index (χ4n) is 2.99. The van der Waals surface area contributed by atoms with Crippen molar-refractivity contribution in [3.8, 4) is 0 Å². The van der Waals surface area contributed by atoms with Crippen LogP contribution >= 0.6 is 0 Å². The normalized spacial score (nSPS) is 10.9. The lowest BCUT2D eigenvalue weighted by Crippen LogP contribution is -2.27. The highest BCUT2D eigenvalue weighted by Gasteiger charge is 2.25. The second-order valence-corrected chi connectivity index (χ2v) is 6.38. The lowest BCUT2D eigenvalue weighted by atomic mass is 10.1. The summed E-state index contributed by atoms with van der Waals surface area (Å²) in [5.41, 5.74) is 2.38. The summed E-state index contributed by atoms with van der Waals surface area (Å²) in [4.78, 5) is 12.3. The van der Waals surface area contributed by atoms with Crippen LogP contribution < -0.4 is 10.6 Å². The van der Waals surface area contributed by atoms with Crippen molar-refractivity contribution in [1.29, 1.82) is 0 Å². The molecule has 30 heavy (non-hydrogen) atoms. The first kappa shape index (κ1) is 21.2. The third-order valence-electron chi connectivity index (χ3n) is 4.48. The van der Waals surface area contributed by atoms with E-state index in [1.165, 1.54) is 0 Å². The van der Waals surface area contributed by atoms with Crippen molar-refractivity contribution >= 4 is 11.6 Å². The van der Waals surface area contributed by atoms with Crippen molar-refractivity contribution in [2.45, 2.75) is 13.1 Å². The number of carbonyl (C=O) groups excluding carboxylic acids is 1. The van der Waals surface area contributed by atoms with Crippen LogP contribution in [0, 0.1) is 34.9 Å². The Hall–Kier alpha value is -3.49. The molecule has 0 aliphatic heterocycles. The average molecular weight is 424 g/mol. The van der Waals surface area contributed by atoms with Crippen LogP contribution in [-0.4, -0.2) is 5.91 Å². The van der Waals surface area contributed by atoms with Crippen LogP contribution in [-0.2, 0) is 13.1 Å². The van der Waals surface area contributed by atoms with Crippen molar-refractivity contribution in [1.82, 2.24) is 0 Å². The highest BCUT2D eigenvalue weighted by atomic mass is 19.2. The summed E-state index contributed by atoms with van der Waals surface area (Å²) in [5.74, 6) is -8.01. The maximum absolute atomic E-state index is 14.9. The third kappa shape index (κ3) is 4.10. The van der Waals surface area contributed by atoms with Crippen LogP contribution in [0.25, 0.3) is 0 Å². The summed E-state index contributed by atoms with van der Waals surface area (Å²) in [5, 5.41) is 0. The highest BCUT2D eigenvalue weighted by molar-refractivity contribution is 5.94. The SMILES string of the molecule is NC(=O)c1c(F)ccc(N(Cc2c(F)cccc2F)Cc2c(F)cccc2F)c1F. The molecule has 156 valence electrons. The van der Waals surface area contributed by atoms with Crippen molar-refractivity contribution < 1.29 is 31.1 Å². The number of benzene rings is 3. The minimum absolute atomic E-state index is 0.515. The minimum atomic E-state index is -1.42. The summed E-state index contributed by atoms with van der Waals surface area (Å²) in [7, 11) is 0. The zero-order valence-corrected chi connectivity index (χ0v) is 15.2. The molecule has 0 atom stereocenters. The van der Waals surface area contributed by atoms with E-state index in [0.717, 1.165) is 53.4 Å². The molecule has 3 nitrogen and oxygen atoms in total. The molecule has 1 amide bonds. The Morgan fingerprint density at radius 3 is 1.53 bits per heavy atom. The molecule has 0 fully saturated rings. The Morgan fingerprint density at radius 2 is 1.13 bits per heavy atom. The van der Waals surface area contributed by atoms with E-state index >= 15 is 0 Å². The van der Waals surface area contributed by atoms with Gasteiger partial charge in [-0.15, -0.1) is 0 Å². The maximum Gasteiger partial charge on any atom is 0.254 e. The predicted molar refractivity (Wildman–Crippen MR) is 97.5 cm³/mol. The molecule has 3 aromatic carbocycles. The summed E-state index contributed by atoms with van der Waals surface area (Å²) < 4.78 is 85.4. The Morgan fingerprint density at radius 1 is 0.700 bits per heavy atom. The lowest BCUT2D eigenvalue weighted by Gasteiger charge is -2.27. The molecule has 0 aromatic heterocycles. The largest absolute Gasteiger partial charge is 0.365 e. The summed E-state index contributed by atoms with van der Waals surface area (Å²) >= 11 is 0. The van der Waals surface area contributed by atoms with Crippen LogP contribution in [0.15, 0.2) is 48.5 Å². The summed E-state index contributed by atoms with van der Waals surface area (Å²) in [6.07, 6.45) is 0. The topological polar surface area (TPSA) is 46.3 Å². The summed E-state index contributed by atoms with van der Waals surface area (Å²) in [6.45, 7) is -1.35. The monoisotopic (exact) mass is 424 g/mol. The van der Waals surface area contributed by atoms with Crippen LogP contribution in [0.3, 0.4) is 0 Å². The first-order chi connectivity index (χ1) is 14.2. The van der Waals surface area contributed by atoms with E-state index in [0.29, 0.717) is 0 Å². The standard InChI is InChI=1S/C21H14F6N2O/c22-13-3-1-4-14(23)11(13)9-29(10-12-15(24)5-2-6-16(12)25)18-8-7-17(26)19(20(18)27)21(28)30/h1-8H,9-10H2,(H2,28,30). The number of nitrogens with zero attached hydrogens (tertiary/aromatic N) is 1. The number of amides is 1. The number of primary amides is 1. The molecule has 0 aliphatic rings. The van der Waals surface area contributed by atoms with E-state index in [4.69, 9.17) is 5.73 Å². The van der Waals surface area contributed by atoms with Crippen molar-refractivity contribution in [2.24, 2.45) is 5.73 Å². The number of halogens is 6. The molecule has 9 heteroatoms. The van der Waals surface area contributed by atoms with Gasteiger partial charge < -0.3 is 10.6 Å². The number of nitrogens with two attached hydrogens (primary N) is 1. The van der Waals surface area contributed by atoms with E-state index < -0.39 is 76.3 Å². The molecule has 0 heterocycles. The lowest BCUT2D eigenvalue weighted by molar-refractivity contribution is 0.0992. The molecule has 0 saturated heterocycles. The molecular weight excluding hydrogens is 410 g/mol. The van der Waals surface area contributed by atoms with Gasteiger partial charge in [-0.3, -0.25) is 4.79 Å². The molecule has 0 unspecified atom stereocenters. The van der Waals surface area contributed by atoms with Gasteiger partial charge in [0.15, 0.2) is 5.82 Å². The van der Waals surface area contributed by atoms with Crippen molar-refractivity contribution in [2.75, 3.05) is 4.90 Å². The van der Waals surface area contributed by atoms with Gasteiger partial charge >= 0.3 is 0 Å². The first-order valence-electron chi connectivity index (χ1n) is 8.59. The molecule has 0 aliphatic carbocycles. The zero-order chi connectivity index (χ0) is 22.0. The zero-order valence-electron chi connectivity index (χ0n) is 15.2. The predicted octanol–water partition coefficient (Wildman–Crippen LogP) is 4.83. The van der Waals surface area contributed by atoms with Gasteiger partial charge in [0.05, 0.1) is 5.69 Å². The van der Waals surface area contributed by atoms with Crippen molar-refractivity contribution in [3.05, 3.63) is 100 Å². The fraction of sp³-hybridized carbons (Fsp3) is 0.0952. The number of carbonyl (C=O) groups is 1. The van der Waals surface area contributed by atoms with Crippen LogP contribution in [0.2, 0.25) is 0 Å². The molecular formula is C21H14F6N2O. The third-order valence-corrected chi connectivity index (χ3v) is 4.48. The van der Waals surface area contributed by atoms with Gasteiger partial charge in [0.1, 0.15) is 34.6 Å². The number of hydrogen-bond acceptors (Lipinski definition) is 2. The Kier molecular flexibility index (Phi) is 6.00. The Balaban J connectivity index is 2.15. The van der Waals surface area contributed by atoms with E-state index in [2.05, 4.69) is 0 Å². The average Bonchev–Trinajstić information content (AvgIpc) is 2.66. The Labute approximate surface area is 167 Å². The Bertz CT molecular complexity index is 1020. The summed E-state index contributed by atoms with van der Waals surface area (Å²) in [6, 6.07) is 7.64. The molecule has 2 N–H and O–H groups in total. The van der Waals surface area contributed by atoms with Crippen LogP contribution in [0.5, 0.6) is 0 Å². The molecule has 3 aromatic rings. The van der Waals surface area contributed by atoms with Gasteiger partial charge in [-0.2, -0.15) is 0 Å². The second-order valence-electron chi connectivity index (χ2n) is 6.38. The number of hydrogen-bond donors (Lipinski definition) is 1. The fourth-order valence-corrected chi connectivity index (χ4v) is 2.99. The van der Waals surface area contributed by atoms with Crippen LogP contribution in [0.1, 0.15) is 21.5 Å². The highest BCUT2D eigenvalue weighted by Crippen LogP contribution is 2.29. The van der Waals surface area contributed by atoms with Crippen molar-refractivity contribution in [3.63, 3.8) is 0 Å². The molecule has 3 rings (SSSR count). The quantitative estimate of drug-likeness (QED) is 0.577. The first-order valence-corrected chi connectivity index (χ1v) is 8.59. The van der Waals surface area contributed by atoms with E-state index in [1.807, 2.05) is 0 Å².